The number of benzene rings is 1. The monoisotopic (exact) mass is 315 g/mol. The van der Waals surface area contributed by atoms with Crippen LogP contribution in [0.5, 0.6) is 11.5 Å². The molecule has 4 heterocycles. The topological polar surface area (TPSA) is 30.9 Å². The molecule has 23 heavy (non-hydrogen) atoms. The minimum atomic E-state index is -0.113. The Morgan fingerprint density at radius 1 is 1.30 bits per heavy atom. The van der Waals surface area contributed by atoms with Crippen LogP contribution in [0.1, 0.15) is 37.3 Å². The average molecular weight is 315 g/mol. The van der Waals surface area contributed by atoms with Crippen LogP contribution >= 0.6 is 0 Å². The van der Waals surface area contributed by atoms with Crippen LogP contribution < -0.4 is 9.47 Å². The fourth-order valence-electron chi connectivity index (χ4n) is 6.06. The molecule has 5 atom stereocenters. The third kappa shape index (κ3) is 1.34. The normalized spacial score (nSPS) is 43.7. The lowest BCUT2D eigenvalue weighted by Gasteiger charge is -2.54. The van der Waals surface area contributed by atoms with Crippen molar-refractivity contribution in [3.8, 4) is 11.5 Å². The summed E-state index contributed by atoms with van der Waals surface area (Å²) in [5.74, 6) is 1.85. The summed E-state index contributed by atoms with van der Waals surface area (Å²) in [5, 5.41) is 0. The van der Waals surface area contributed by atoms with Gasteiger partial charge in [-0.1, -0.05) is 6.07 Å². The average Bonchev–Trinajstić information content (AvgIpc) is 3.19. The van der Waals surface area contributed by atoms with E-state index in [4.69, 9.17) is 14.2 Å². The lowest BCUT2D eigenvalue weighted by molar-refractivity contribution is -0.102. The number of piperidine rings is 1. The van der Waals surface area contributed by atoms with E-state index in [0.29, 0.717) is 6.04 Å². The molecule has 2 spiro atoms. The number of hydrogen-bond acceptors (Lipinski definition) is 4. The van der Waals surface area contributed by atoms with Crippen LogP contribution in [-0.4, -0.2) is 49.5 Å². The number of aryl methyl sites for hydroxylation is 1. The molecule has 4 aliphatic heterocycles. The summed E-state index contributed by atoms with van der Waals surface area (Å²) < 4.78 is 18.8. The summed E-state index contributed by atoms with van der Waals surface area (Å²) in [5.41, 5.74) is 2.56. The van der Waals surface area contributed by atoms with Gasteiger partial charge in [0.1, 0.15) is 6.10 Å². The van der Waals surface area contributed by atoms with Crippen molar-refractivity contribution in [3.05, 3.63) is 23.3 Å². The van der Waals surface area contributed by atoms with Gasteiger partial charge in [0.25, 0.3) is 0 Å². The highest BCUT2D eigenvalue weighted by Gasteiger charge is 2.76. The molecular weight excluding hydrogens is 290 g/mol. The van der Waals surface area contributed by atoms with Crippen LogP contribution in [0.2, 0.25) is 0 Å². The highest BCUT2D eigenvalue weighted by molar-refractivity contribution is 5.61. The highest BCUT2D eigenvalue weighted by Crippen LogP contribution is 2.68. The third-order valence-electron chi connectivity index (χ3n) is 7.18. The summed E-state index contributed by atoms with van der Waals surface area (Å²) in [6, 6.07) is 4.63. The molecule has 0 saturated carbocycles. The molecule has 1 aromatic rings. The predicted molar refractivity (Wildman–Crippen MR) is 87.4 cm³/mol. The van der Waals surface area contributed by atoms with Gasteiger partial charge in [-0.2, -0.15) is 0 Å². The van der Waals surface area contributed by atoms with E-state index in [9.17, 15) is 0 Å². The van der Waals surface area contributed by atoms with Crippen LogP contribution in [0.4, 0.5) is 0 Å². The maximum atomic E-state index is 6.68. The Hall–Kier alpha value is -1.26. The largest absolute Gasteiger partial charge is 0.493 e. The van der Waals surface area contributed by atoms with Crippen molar-refractivity contribution >= 4 is 0 Å². The third-order valence-corrected chi connectivity index (χ3v) is 7.18. The standard InChI is InChI=1S/C19H25NO3/c1-11-5-6-13(21-4)16-15(11)18-9-10-20(3)12(2)19(18)8-7-14(23-19)17(18)22-16/h5-6,12,14,17H,7-10H2,1-4H3/t12-,14-,17+,18+,19-/m0/s1. The van der Waals surface area contributed by atoms with Gasteiger partial charge in [-0.25, -0.2) is 0 Å². The van der Waals surface area contributed by atoms with Gasteiger partial charge < -0.3 is 19.1 Å². The quantitative estimate of drug-likeness (QED) is 0.797. The molecule has 0 amide bonds. The summed E-state index contributed by atoms with van der Waals surface area (Å²) in [4.78, 5) is 2.46. The first-order valence-electron chi connectivity index (χ1n) is 8.78. The van der Waals surface area contributed by atoms with Crippen molar-refractivity contribution in [2.75, 3.05) is 20.7 Å². The molecule has 0 unspecified atom stereocenters. The van der Waals surface area contributed by atoms with E-state index in [-0.39, 0.29) is 23.2 Å². The molecule has 0 N–H and O–H groups in total. The van der Waals surface area contributed by atoms with Gasteiger partial charge in [0.05, 0.1) is 24.2 Å². The molecule has 3 saturated heterocycles. The van der Waals surface area contributed by atoms with Crippen LogP contribution in [0.25, 0.3) is 0 Å². The van der Waals surface area contributed by atoms with Gasteiger partial charge in [-0.05, 0) is 58.3 Å². The van der Waals surface area contributed by atoms with Gasteiger partial charge in [0.2, 0.25) is 0 Å². The Balaban J connectivity index is 1.79. The smallest absolute Gasteiger partial charge is 0.166 e. The van der Waals surface area contributed by atoms with Crippen LogP contribution in [0, 0.1) is 6.92 Å². The number of hydrogen-bond donors (Lipinski definition) is 0. The van der Waals surface area contributed by atoms with E-state index < -0.39 is 0 Å². The molecule has 0 aliphatic carbocycles. The van der Waals surface area contributed by atoms with Gasteiger partial charge in [0, 0.05) is 11.6 Å². The molecule has 5 rings (SSSR count). The SMILES string of the molecule is COc1ccc(C)c2c1O[C@@H]1[C@@H]3CC[C@]4(O3)[C@H](C)N(C)CC[C@@]214. The van der Waals surface area contributed by atoms with Crippen molar-refractivity contribution in [1.82, 2.24) is 4.90 Å². The number of fused-ring (bicyclic) bond motifs is 3. The number of nitrogens with zero attached hydrogens (tertiary/aromatic N) is 1. The fourth-order valence-corrected chi connectivity index (χ4v) is 6.06. The van der Waals surface area contributed by atoms with Crippen molar-refractivity contribution in [2.24, 2.45) is 0 Å². The Bertz CT molecular complexity index is 689. The van der Waals surface area contributed by atoms with Gasteiger partial charge >= 0.3 is 0 Å². The zero-order chi connectivity index (χ0) is 16.0. The van der Waals surface area contributed by atoms with E-state index in [2.05, 4.69) is 31.9 Å². The number of likely N-dealkylation sites (tertiary alicyclic amines) is 1. The molecule has 0 radical (unpaired) electrons. The summed E-state index contributed by atoms with van der Waals surface area (Å²) in [7, 11) is 3.96. The minimum absolute atomic E-state index is 0.00417. The number of rotatable bonds is 1. The zero-order valence-electron chi connectivity index (χ0n) is 14.4. The fraction of sp³-hybridized carbons (Fsp3) is 0.684. The Morgan fingerprint density at radius 2 is 2.13 bits per heavy atom. The lowest BCUT2D eigenvalue weighted by Crippen LogP contribution is -2.67. The molecule has 4 heteroatoms. The summed E-state index contributed by atoms with van der Waals surface area (Å²) in [6.07, 6.45) is 3.73. The van der Waals surface area contributed by atoms with E-state index >= 15 is 0 Å². The number of likely N-dealkylation sites (N-methyl/N-ethyl adjacent to an activating group) is 1. The van der Waals surface area contributed by atoms with Gasteiger partial charge in [-0.15, -0.1) is 0 Å². The molecule has 4 aliphatic rings. The molecule has 3 fully saturated rings. The predicted octanol–water partition coefficient (Wildman–Crippen LogP) is 2.66. The van der Waals surface area contributed by atoms with Crippen LogP contribution in [0.3, 0.4) is 0 Å². The molecule has 1 aromatic carbocycles. The van der Waals surface area contributed by atoms with Crippen molar-refractivity contribution < 1.29 is 14.2 Å². The molecule has 0 aromatic heterocycles. The maximum Gasteiger partial charge on any atom is 0.166 e. The maximum absolute atomic E-state index is 6.68. The first-order valence-corrected chi connectivity index (χ1v) is 8.78. The van der Waals surface area contributed by atoms with Gasteiger partial charge in [0.15, 0.2) is 11.5 Å². The Kier molecular flexibility index (Phi) is 2.59. The lowest BCUT2D eigenvalue weighted by atomic mass is 9.55. The second-order valence-electron chi connectivity index (χ2n) is 7.79. The second kappa shape index (κ2) is 4.22. The Morgan fingerprint density at radius 3 is 2.91 bits per heavy atom. The number of ether oxygens (including phenoxy) is 3. The van der Waals surface area contributed by atoms with Crippen LogP contribution in [-0.2, 0) is 10.2 Å². The van der Waals surface area contributed by atoms with Crippen molar-refractivity contribution in [1.29, 1.82) is 0 Å². The van der Waals surface area contributed by atoms with Crippen molar-refractivity contribution in [2.45, 2.75) is 62.4 Å². The Labute approximate surface area is 137 Å². The highest BCUT2D eigenvalue weighted by atomic mass is 16.6. The molecule has 2 bridgehead atoms. The van der Waals surface area contributed by atoms with E-state index in [0.717, 1.165) is 37.3 Å². The first kappa shape index (κ1) is 14.1. The van der Waals surface area contributed by atoms with Gasteiger partial charge in [-0.3, -0.25) is 0 Å². The van der Waals surface area contributed by atoms with Crippen molar-refractivity contribution in [3.63, 3.8) is 0 Å². The molecule has 4 nitrogen and oxygen atoms in total. The van der Waals surface area contributed by atoms with E-state index in [1.807, 2.05) is 6.07 Å². The zero-order valence-corrected chi connectivity index (χ0v) is 14.4. The molecule has 124 valence electrons. The summed E-state index contributed by atoms with van der Waals surface area (Å²) in [6.45, 7) is 5.63. The summed E-state index contributed by atoms with van der Waals surface area (Å²) >= 11 is 0. The molecular formula is C19H25NO3. The van der Waals surface area contributed by atoms with Crippen LogP contribution in [0.15, 0.2) is 12.1 Å². The number of methoxy groups -OCH3 is 1. The second-order valence-corrected chi connectivity index (χ2v) is 7.79. The van der Waals surface area contributed by atoms with E-state index in [1.165, 1.54) is 11.1 Å². The van der Waals surface area contributed by atoms with E-state index in [1.54, 1.807) is 7.11 Å². The minimum Gasteiger partial charge on any atom is -0.493 e. The first-order chi connectivity index (χ1) is 11.0.